The van der Waals surface area contributed by atoms with Crippen LogP contribution in [-0.4, -0.2) is 34.1 Å². The molecule has 1 unspecified atom stereocenters. The van der Waals surface area contributed by atoms with Gasteiger partial charge in [0.15, 0.2) is 0 Å². The Morgan fingerprint density at radius 3 is 1.83 bits per heavy atom. The van der Waals surface area contributed by atoms with Gasteiger partial charge in [0, 0.05) is 0 Å². The van der Waals surface area contributed by atoms with Crippen LogP contribution in [0.25, 0.3) is 0 Å². The normalized spacial score (nSPS) is 13.1. The van der Waals surface area contributed by atoms with E-state index in [4.69, 9.17) is 0 Å². The monoisotopic (exact) mass is 344 g/mol. The molecule has 1 N–H and O–H groups in total. The summed E-state index contributed by atoms with van der Waals surface area (Å²) in [6.07, 6.45) is 13.5. The average Bonchev–Trinajstić information content (AvgIpc) is 2.57. The molecular formula is C21H36MgO2. The van der Waals surface area contributed by atoms with Gasteiger partial charge in [0.2, 0.25) is 0 Å². The van der Waals surface area contributed by atoms with Gasteiger partial charge in [-0.3, -0.25) is 4.79 Å². The van der Waals surface area contributed by atoms with Crippen LogP contribution in [0.5, 0.6) is 0 Å². The van der Waals surface area contributed by atoms with Gasteiger partial charge in [0.25, 0.3) is 0 Å². The SMILES string of the molecule is CCCCCCCCCCCCC(C)(C(=O)O)c1ccccc1.[H-].[H-].[Mg+2]. The summed E-state index contributed by atoms with van der Waals surface area (Å²) >= 11 is 0. The van der Waals surface area contributed by atoms with Crippen molar-refractivity contribution in [3.05, 3.63) is 35.9 Å². The Morgan fingerprint density at radius 1 is 0.917 bits per heavy atom. The van der Waals surface area contributed by atoms with E-state index in [2.05, 4.69) is 6.92 Å². The summed E-state index contributed by atoms with van der Waals surface area (Å²) in [7, 11) is 0. The minimum atomic E-state index is -0.749. The summed E-state index contributed by atoms with van der Waals surface area (Å²) < 4.78 is 0. The molecule has 1 aromatic rings. The van der Waals surface area contributed by atoms with Crippen LogP contribution in [0, 0.1) is 0 Å². The minimum absolute atomic E-state index is 0. The first kappa shape index (κ1) is 23.5. The summed E-state index contributed by atoms with van der Waals surface area (Å²) in [5.74, 6) is -0.709. The fraction of sp³-hybridized carbons (Fsp3) is 0.667. The van der Waals surface area contributed by atoms with E-state index in [1.165, 1.54) is 51.4 Å². The van der Waals surface area contributed by atoms with Crippen molar-refractivity contribution < 1.29 is 12.8 Å². The van der Waals surface area contributed by atoms with Crippen molar-refractivity contribution in [3.8, 4) is 0 Å². The van der Waals surface area contributed by atoms with E-state index in [9.17, 15) is 9.90 Å². The summed E-state index contributed by atoms with van der Waals surface area (Å²) in [6.45, 7) is 4.11. The van der Waals surface area contributed by atoms with Crippen molar-refractivity contribution >= 4 is 29.0 Å². The molecule has 0 aliphatic heterocycles. The van der Waals surface area contributed by atoms with Gasteiger partial charge in [-0.05, 0) is 18.9 Å². The predicted octanol–water partition coefficient (Wildman–Crippen LogP) is 6.18. The molecular weight excluding hydrogens is 309 g/mol. The van der Waals surface area contributed by atoms with Gasteiger partial charge in [0.05, 0.1) is 5.41 Å². The van der Waals surface area contributed by atoms with Crippen molar-refractivity contribution in [2.45, 2.75) is 89.9 Å². The summed E-state index contributed by atoms with van der Waals surface area (Å²) in [6, 6.07) is 9.66. The first-order valence-electron chi connectivity index (χ1n) is 9.40. The van der Waals surface area contributed by atoms with Crippen LogP contribution in [0.15, 0.2) is 30.3 Å². The largest absolute Gasteiger partial charge is 2.00 e. The van der Waals surface area contributed by atoms with Crippen LogP contribution >= 0.6 is 0 Å². The quantitative estimate of drug-likeness (QED) is 0.342. The molecule has 0 bridgehead atoms. The molecule has 3 heteroatoms. The Morgan fingerprint density at radius 2 is 1.38 bits per heavy atom. The number of carboxylic acids is 1. The third kappa shape index (κ3) is 8.52. The van der Waals surface area contributed by atoms with E-state index in [-0.39, 0.29) is 25.9 Å². The van der Waals surface area contributed by atoms with Crippen molar-refractivity contribution in [3.63, 3.8) is 0 Å². The molecule has 0 aliphatic rings. The van der Waals surface area contributed by atoms with E-state index in [0.717, 1.165) is 24.8 Å². The number of unbranched alkanes of at least 4 members (excludes halogenated alkanes) is 9. The third-order valence-electron chi connectivity index (χ3n) is 4.91. The predicted molar refractivity (Wildman–Crippen MR) is 106 cm³/mol. The molecule has 0 aliphatic carbocycles. The number of aliphatic carboxylic acids is 1. The van der Waals surface area contributed by atoms with Crippen molar-refractivity contribution in [2.75, 3.05) is 0 Å². The van der Waals surface area contributed by atoms with Crippen LogP contribution < -0.4 is 0 Å². The van der Waals surface area contributed by atoms with E-state index in [1.807, 2.05) is 37.3 Å². The van der Waals surface area contributed by atoms with E-state index >= 15 is 0 Å². The first-order valence-corrected chi connectivity index (χ1v) is 9.40. The Balaban J connectivity index is -0.00000176. The fourth-order valence-electron chi connectivity index (χ4n) is 3.15. The topological polar surface area (TPSA) is 37.3 Å². The molecule has 0 amide bonds. The number of hydrogen-bond acceptors (Lipinski definition) is 1. The maximum atomic E-state index is 11.7. The Kier molecular flexibility index (Phi) is 13.4. The number of benzene rings is 1. The molecule has 24 heavy (non-hydrogen) atoms. The van der Waals surface area contributed by atoms with E-state index in [0.29, 0.717) is 0 Å². The molecule has 0 saturated heterocycles. The van der Waals surface area contributed by atoms with Gasteiger partial charge in [0.1, 0.15) is 0 Å². The van der Waals surface area contributed by atoms with Crippen LogP contribution in [0.3, 0.4) is 0 Å². The molecule has 2 nitrogen and oxygen atoms in total. The molecule has 0 fully saturated rings. The first-order chi connectivity index (χ1) is 11.1. The van der Waals surface area contributed by atoms with Gasteiger partial charge in [-0.1, -0.05) is 101 Å². The van der Waals surface area contributed by atoms with Crippen LogP contribution in [0.1, 0.15) is 92.9 Å². The van der Waals surface area contributed by atoms with Crippen LogP contribution in [-0.2, 0) is 10.2 Å². The molecule has 0 saturated carbocycles. The van der Waals surface area contributed by atoms with Gasteiger partial charge >= 0.3 is 29.0 Å². The zero-order valence-corrected chi connectivity index (χ0v) is 17.1. The molecule has 1 atom stereocenters. The number of carboxylic acid groups (broad SMARTS) is 1. The average molecular weight is 345 g/mol. The number of hydrogen-bond donors (Lipinski definition) is 1. The molecule has 1 rings (SSSR count). The molecule has 1 aromatic carbocycles. The minimum Gasteiger partial charge on any atom is -1.00 e. The fourth-order valence-corrected chi connectivity index (χ4v) is 3.15. The third-order valence-corrected chi connectivity index (χ3v) is 4.91. The second kappa shape index (κ2) is 13.7. The molecule has 0 radical (unpaired) electrons. The Bertz CT molecular complexity index is 443. The molecule has 0 heterocycles. The second-order valence-electron chi connectivity index (χ2n) is 6.94. The summed E-state index contributed by atoms with van der Waals surface area (Å²) in [4.78, 5) is 11.7. The van der Waals surface area contributed by atoms with E-state index < -0.39 is 11.4 Å². The van der Waals surface area contributed by atoms with Crippen LogP contribution in [0.2, 0.25) is 0 Å². The van der Waals surface area contributed by atoms with Gasteiger partial charge in [-0.25, -0.2) is 0 Å². The molecule has 0 spiro atoms. The standard InChI is InChI=1S/C21H34O2.Mg.2H/c1-3-4-5-6-7-8-9-10-11-15-18-21(2,20(22)23)19-16-13-12-14-17-19;;;/h12-14,16-17H,3-11,15,18H2,1-2H3,(H,22,23);;;/q;+2;2*-1. The molecule has 0 aromatic heterocycles. The van der Waals surface area contributed by atoms with Gasteiger partial charge in [-0.15, -0.1) is 0 Å². The smallest absolute Gasteiger partial charge is 1.00 e. The summed E-state index contributed by atoms with van der Waals surface area (Å²) in [5, 5.41) is 9.63. The van der Waals surface area contributed by atoms with Crippen molar-refractivity contribution in [2.24, 2.45) is 0 Å². The maximum Gasteiger partial charge on any atom is 2.00 e. The van der Waals surface area contributed by atoms with Crippen molar-refractivity contribution in [1.29, 1.82) is 0 Å². The van der Waals surface area contributed by atoms with E-state index in [1.54, 1.807) is 0 Å². The zero-order valence-electron chi connectivity index (χ0n) is 17.7. The Hall–Kier alpha value is -0.544. The summed E-state index contributed by atoms with van der Waals surface area (Å²) in [5.41, 5.74) is 0.171. The van der Waals surface area contributed by atoms with Gasteiger partial charge < -0.3 is 7.96 Å². The maximum absolute atomic E-state index is 11.7. The molecule has 134 valence electrons. The zero-order chi connectivity index (χ0) is 17.0. The number of rotatable bonds is 13. The van der Waals surface area contributed by atoms with Gasteiger partial charge in [-0.2, -0.15) is 0 Å². The van der Waals surface area contributed by atoms with Crippen LogP contribution in [0.4, 0.5) is 0 Å². The Labute approximate surface area is 167 Å². The number of carbonyl (C=O) groups is 1. The van der Waals surface area contributed by atoms with Crippen molar-refractivity contribution in [1.82, 2.24) is 0 Å². The second-order valence-corrected chi connectivity index (χ2v) is 6.94.